The lowest BCUT2D eigenvalue weighted by Gasteiger charge is -2.33. The minimum Gasteiger partial charge on any atom is -0.348 e. The van der Waals surface area contributed by atoms with Crippen molar-refractivity contribution in [1.29, 1.82) is 0 Å². The summed E-state index contributed by atoms with van der Waals surface area (Å²) in [7, 11) is 0. The van der Waals surface area contributed by atoms with Crippen LogP contribution in [0.25, 0.3) is 10.8 Å². The van der Waals surface area contributed by atoms with Gasteiger partial charge in [0.25, 0.3) is 5.91 Å². The maximum absolute atomic E-state index is 13.0. The van der Waals surface area contributed by atoms with Gasteiger partial charge in [0.2, 0.25) is 0 Å². The van der Waals surface area contributed by atoms with Crippen LogP contribution >= 0.6 is 0 Å². The standard InChI is InChI=1S/C19H21NO3/c1-14-7-8-17(16-6-3-2-5-15(14)16)18(21)20-10-9-19(13-20)22-11-4-12-23-19/h2-3,5-8H,4,9-13H2,1H3. The van der Waals surface area contributed by atoms with Gasteiger partial charge in [0.05, 0.1) is 19.8 Å². The fraction of sp³-hybridized carbons (Fsp3) is 0.421. The highest BCUT2D eigenvalue weighted by atomic mass is 16.7. The second-order valence-electron chi connectivity index (χ2n) is 6.41. The lowest BCUT2D eigenvalue weighted by atomic mass is 9.99. The molecule has 2 aromatic rings. The number of hydrogen-bond acceptors (Lipinski definition) is 3. The first-order chi connectivity index (χ1) is 11.2. The molecule has 0 radical (unpaired) electrons. The Labute approximate surface area is 136 Å². The van der Waals surface area contributed by atoms with Crippen LogP contribution in [0.1, 0.15) is 28.8 Å². The van der Waals surface area contributed by atoms with Crippen LogP contribution in [0.5, 0.6) is 0 Å². The van der Waals surface area contributed by atoms with E-state index in [0.29, 0.717) is 13.1 Å². The van der Waals surface area contributed by atoms with Crippen molar-refractivity contribution in [1.82, 2.24) is 4.90 Å². The van der Waals surface area contributed by atoms with Gasteiger partial charge in [-0.2, -0.15) is 0 Å². The van der Waals surface area contributed by atoms with Crippen molar-refractivity contribution in [3.63, 3.8) is 0 Å². The summed E-state index contributed by atoms with van der Waals surface area (Å²) in [6.07, 6.45) is 1.68. The topological polar surface area (TPSA) is 38.8 Å². The number of likely N-dealkylation sites (tertiary alicyclic amines) is 1. The Balaban J connectivity index is 1.64. The average Bonchev–Trinajstić information content (AvgIpc) is 2.99. The summed E-state index contributed by atoms with van der Waals surface area (Å²) >= 11 is 0. The number of aryl methyl sites for hydroxylation is 1. The third kappa shape index (κ3) is 2.52. The van der Waals surface area contributed by atoms with Gasteiger partial charge in [-0.3, -0.25) is 4.79 Å². The van der Waals surface area contributed by atoms with Crippen LogP contribution in [-0.4, -0.2) is 42.9 Å². The molecule has 0 saturated carbocycles. The van der Waals surface area contributed by atoms with E-state index >= 15 is 0 Å². The Kier molecular flexibility index (Phi) is 3.58. The van der Waals surface area contributed by atoms with Gasteiger partial charge in [0.15, 0.2) is 5.79 Å². The van der Waals surface area contributed by atoms with Crippen LogP contribution in [0.3, 0.4) is 0 Å². The fourth-order valence-corrected chi connectivity index (χ4v) is 3.59. The predicted molar refractivity (Wildman–Crippen MR) is 88.5 cm³/mol. The average molecular weight is 311 g/mol. The number of benzene rings is 2. The number of amides is 1. The van der Waals surface area contributed by atoms with Gasteiger partial charge in [-0.1, -0.05) is 30.3 Å². The zero-order chi connectivity index (χ0) is 15.9. The van der Waals surface area contributed by atoms with Crippen molar-refractivity contribution >= 4 is 16.7 Å². The Bertz CT molecular complexity index is 749. The maximum Gasteiger partial charge on any atom is 0.254 e. The molecule has 0 N–H and O–H groups in total. The highest BCUT2D eigenvalue weighted by Gasteiger charge is 2.43. The Morgan fingerprint density at radius 3 is 2.61 bits per heavy atom. The zero-order valence-corrected chi connectivity index (χ0v) is 13.4. The number of nitrogens with zero attached hydrogens (tertiary/aromatic N) is 1. The molecular formula is C19H21NO3. The second-order valence-corrected chi connectivity index (χ2v) is 6.41. The van der Waals surface area contributed by atoms with E-state index in [1.807, 2.05) is 35.2 Å². The molecule has 0 atom stereocenters. The fourth-order valence-electron chi connectivity index (χ4n) is 3.59. The monoisotopic (exact) mass is 311 g/mol. The molecule has 2 aliphatic heterocycles. The summed E-state index contributed by atoms with van der Waals surface area (Å²) in [5.74, 6) is -0.509. The van der Waals surface area contributed by atoms with E-state index in [1.54, 1.807) is 0 Å². The summed E-state index contributed by atoms with van der Waals surface area (Å²) < 4.78 is 11.7. The molecule has 4 heteroatoms. The molecule has 0 unspecified atom stereocenters. The molecule has 4 nitrogen and oxygen atoms in total. The van der Waals surface area contributed by atoms with Crippen LogP contribution in [0.4, 0.5) is 0 Å². The van der Waals surface area contributed by atoms with E-state index in [1.165, 1.54) is 5.56 Å². The number of hydrogen-bond donors (Lipinski definition) is 0. The minimum atomic E-state index is -0.575. The van der Waals surface area contributed by atoms with E-state index in [-0.39, 0.29) is 5.91 Å². The molecule has 120 valence electrons. The van der Waals surface area contributed by atoms with Crippen molar-refractivity contribution in [2.45, 2.75) is 25.6 Å². The SMILES string of the molecule is Cc1ccc(C(=O)N2CCC3(C2)OCCCO3)c2ccccc12. The van der Waals surface area contributed by atoms with Crippen LogP contribution < -0.4 is 0 Å². The van der Waals surface area contributed by atoms with Crippen LogP contribution in [-0.2, 0) is 9.47 Å². The number of fused-ring (bicyclic) bond motifs is 1. The molecule has 2 aromatic carbocycles. The lowest BCUT2D eigenvalue weighted by molar-refractivity contribution is -0.256. The molecular weight excluding hydrogens is 290 g/mol. The molecule has 2 saturated heterocycles. The van der Waals surface area contributed by atoms with Gasteiger partial charge in [-0.15, -0.1) is 0 Å². The molecule has 1 spiro atoms. The van der Waals surface area contributed by atoms with Crippen molar-refractivity contribution in [2.24, 2.45) is 0 Å². The summed E-state index contributed by atoms with van der Waals surface area (Å²) in [4.78, 5) is 14.9. The molecule has 2 fully saturated rings. The normalized spacial score (nSPS) is 20.3. The predicted octanol–water partition coefficient (Wildman–Crippen LogP) is 3.13. The van der Waals surface area contributed by atoms with E-state index < -0.39 is 5.79 Å². The number of ether oxygens (including phenoxy) is 2. The number of carbonyl (C=O) groups excluding carboxylic acids is 1. The molecule has 23 heavy (non-hydrogen) atoms. The maximum atomic E-state index is 13.0. The van der Waals surface area contributed by atoms with E-state index in [2.05, 4.69) is 13.0 Å². The summed E-state index contributed by atoms with van der Waals surface area (Å²) in [6, 6.07) is 12.0. The van der Waals surface area contributed by atoms with Gasteiger partial charge in [0, 0.05) is 18.5 Å². The van der Waals surface area contributed by atoms with Crippen LogP contribution in [0.2, 0.25) is 0 Å². The van der Waals surface area contributed by atoms with Crippen molar-refractivity contribution in [3.8, 4) is 0 Å². The molecule has 0 aliphatic carbocycles. The highest BCUT2D eigenvalue weighted by molar-refractivity contribution is 6.07. The lowest BCUT2D eigenvalue weighted by Crippen LogP contribution is -2.44. The third-order valence-electron chi connectivity index (χ3n) is 4.87. The molecule has 4 rings (SSSR count). The van der Waals surface area contributed by atoms with E-state index in [0.717, 1.165) is 42.4 Å². The van der Waals surface area contributed by atoms with E-state index in [4.69, 9.17) is 9.47 Å². The Morgan fingerprint density at radius 2 is 1.83 bits per heavy atom. The van der Waals surface area contributed by atoms with Crippen LogP contribution in [0, 0.1) is 6.92 Å². The van der Waals surface area contributed by atoms with Gasteiger partial charge in [0.1, 0.15) is 0 Å². The van der Waals surface area contributed by atoms with Gasteiger partial charge in [-0.05, 0) is 35.7 Å². The number of carbonyl (C=O) groups is 1. The number of rotatable bonds is 1. The quantitative estimate of drug-likeness (QED) is 0.812. The van der Waals surface area contributed by atoms with Gasteiger partial charge in [-0.25, -0.2) is 0 Å². The first-order valence-corrected chi connectivity index (χ1v) is 8.24. The minimum absolute atomic E-state index is 0.0656. The van der Waals surface area contributed by atoms with Crippen LogP contribution in [0.15, 0.2) is 36.4 Å². The first kappa shape index (κ1) is 14.7. The van der Waals surface area contributed by atoms with Crippen molar-refractivity contribution < 1.29 is 14.3 Å². The molecule has 0 aromatic heterocycles. The molecule has 0 bridgehead atoms. The highest BCUT2D eigenvalue weighted by Crippen LogP contribution is 2.32. The van der Waals surface area contributed by atoms with Gasteiger partial charge < -0.3 is 14.4 Å². The summed E-state index contributed by atoms with van der Waals surface area (Å²) in [5.41, 5.74) is 1.95. The Morgan fingerprint density at radius 1 is 1.09 bits per heavy atom. The largest absolute Gasteiger partial charge is 0.348 e. The Hall–Kier alpha value is -1.91. The van der Waals surface area contributed by atoms with Crippen molar-refractivity contribution in [3.05, 3.63) is 47.5 Å². The van der Waals surface area contributed by atoms with Crippen molar-refractivity contribution in [2.75, 3.05) is 26.3 Å². The van der Waals surface area contributed by atoms with E-state index in [9.17, 15) is 4.79 Å². The third-order valence-corrected chi connectivity index (χ3v) is 4.87. The molecule has 2 aliphatic rings. The first-order valence-electron chi connectivity index (χ1n) is 8.24. The second kappa shape index (κ2) is 5.62. The summed E-state index contributed by atoms with van der Waals surface area (Å²) in [5, 5.41) is 2.15. The summed E-state index contributed by atoms with van der Waals surface area (Å²) in [6.45, 7) is 4.71. The molecule has 1 amide bonds. The molecule has 2 heterocycles. The zero-order valence-electron chi connectivity index (χ0n) is 13.4. The smallest absolute Gasteiger partial charge is 0.254 e. The van der Waals surface area contributed by atoms with Gasteiger partial charge >= 0.3 is 0 Å².